The van der Waals surface area contributed by atoms with Crippen molar-refractivity contribution in [1.82, 2.24) is 0 Å². The molecule has 0 aliphatic heterocycles. The maximum absolute atomic E-state index is 12.4. The van der Waals surface area contributed by atoms with E-state index in [1.54, 1.807) is 48.5 Å². The van der Waals surface area contributed by atoms with Gasteiger partial charge < -0.3 is 15.4 Å². The van der Waals surface area contributed by atoms with Gasteiger partial charge in [-0.25, -0.2) is 0 Å². The Kier molecular flexibility index (Phi) is 7.09. The minimum atomic E-state index is -0.450. The Morgan fingerprint density at radius 3 is 2.11 bits per heavy atom. The highest BCUT2D eigenvalue weighted by Gasteiger charge is 2.09. The fourth-order valence-electron chi connectivity index (χ4n) is 2.26. The summed E-state index contributed by atoms with van der Waals surface area (Å²) in [6.07, 6.45) is 1.58. The molecule has 0 aliphatic carbocycles. The first-order valence-electron chi connectivity index (χ1n) is 8.93. The van der Waals surface area contributed by atoms with Gasteiger partial charge in [0.1, 0.15) is 5.75 Å². The molecule has 0 fully saturated rings. The molecule has 0 unspecified atom stereocenters. The number of nitrogens with one attached hydrogen (secondary N) is 2. The molecule has 28 heavy (non-hydrogen) atoms. The number of hydrogen-bond acceptors (Lipinski definition) is 4. The van der Waals surface area contributed by atoms with Crippen LogP contribution in [-0.2, 0) is 9.59 Å². The van der Waals surface area contributed by atoms with Gasteiger partial charge in [-0.3, -0.25) is 14.4 Å². The number of benzene rings is 2. The average molecular weight is 380 g/mol. The smallest absolute Gasteiger partial charge is 0.308 e. The van der Waals surface area contributed by atoms with Gasteiger partial charge in [0.2, 0.25) is 5.91 Å². The van der Waals surface area contributed by atoms with Crippen LogP contribution in [0.3, 0.4) is 0 Å². The number of amides is 2. The van der Waals surface area contributed by atoms with Crippen LogP contribution in [0, 0.1) is 5.92 Å². The van der Waals surface area contributed by atoms with E-state index in [9.17, 15) is 14.4 Å². The van der Waals surface area contributed by atoms with E-state index >= 15 is 0 Å². The molecule has 6 nitrogen and oxygen atoms in total. The quantitative estimate of drug-likeness (QED) is 0.442. The number of allylic oxidation sites excluding steroid dienone is 1. The van der Waals surface area contributed by atoms with Crippen molar-refractivity contribution in [2.24, 2.45) is 5.92 Å². The lowest BCUT2D eigenvalue weighted by Gasteiger charge is -2.09. The Labute approximate surface area is 164 Å². The molecule has 2 amide bonds. The zero-order valence-corrected chi connectivity index (χ0v) is 16.4. The maximum Gasteiger partial charge on any atom is 0.308 e. The molecule has 0 spiro atoms. The van der Waals surface area contributed by atoms with Crippen molar-refractivity contribution in [3.05, 3.63) is 65.7 Å². The fourth-order valence-corrected chi connectivity index (χ4v) is 2.26. The normalized spacial score (nSPS) is 11.1. The summed E-state index contributed by atoms with van der Waals surface area (Å²) in [7, 11) is 0. The van der Waals surface area contributed by atoms with E-state index in [-0.39, 0.29) is 11.8 Å². The van der Waals surface area contributed by atoms with Gasteiger partial charge in [0.05, 0.1) is 0 Å². The van der Waals surface area contributed by atoms with E-state index in [1.165, 1.54) is 13.0 Å². The molecular weight excluding hydrogens is 356 g/mol. The second-order valence-corrected chi connectivity index (χ2v) is 6.69. The molecule has 0 saturated carbocycles. The fraction of sp³-hybridized carbons (Fsp3) is 0.227. The molecular formula is C22H24N2O4. The number of esters is 1. The number of hydrogen-bond donors (Lipinski definition) is 2. The highest BCUT2D eigenvalue weighted by Crippen LogP contribution is 2.18. The molecule has 0 aromatic heterocycles. The number of rotatable bonds is 6. The van der Waals surface area contributed by atoms with Crippen LogP contribution in [0.25, 0.3) is 0 Å². The summed E-state index contributed by atoms with van der Waals surface area (Å²) in [6, 6.07) is 13.2. The lowest BCUT2D eigenvalue weighted by Crippen LogP contribution is -2.13. The van der Waals surface area contributed by atoms with Crippen LogP contribution in [0.15, 0.2) is 60.2 Å². The third-order valence-electron chi connectivity index (χ3n) is 4.04. The second-order valence-electron chi connectivity index (χ2n) is 6.69. The Morgan fingerprint density at radius 1 is 0.929 bits per heavy atom. The van der Waals surface area contributed by atoms with Crippen molar-refractivity contribution in [2.45, 2.75) is 27.7 Å². The second kappa shape index (κ2) is 9.50. The molecule has 146 valence electrons. The number of anilines is 2. The summed E-state index contributed by atoms with van der Waals surface area (Å²) in [6.45, 7) is 7.27. The monoisotopic (exact) mass is 380 g/mol. The van der Waals surface area contributed by atoms with E-state index < -0.39 is 5.97 Å². The van der Waals surface area contributed by atoms with Crippen molar-refractivity contribution in [2.75, 3.05) is 10.6 Å². The molecule has 0 atom stereocenters. The van der Waals surface area contributed by atoms with Crippen molar-refractivity contribution in [3.63, 3.8) is 0 Å². The Morgan fingerprint density at radius 2 is 1.54 bits per heavy atom. The number of carbonyl (C=O) groups is 3. The van der Waals surface area contributed by atoms with Crippen molar-refractivity contribution < 1.29 is 19.1 Å². The van der Waals surface area contributed by atoms with Crippen LogP contribution in [0.1, 0.15) is 38.1 Å². The van der Waals surface area contributed by atoms with Gasteiger partial charge >= 0.3 is 5.97 Å². The maximum atomic E-state index is 12.4. The van der Waals surface area contributed by atoms with Gasteiger partial charge in [-0.2, -0.15) is 0 Å². The third kappa shape index (κ3) is 6.39. The lowest BCUT2D eigenvalue weighted by atomic mass is 10.1. The first-order chi connectivity index (χ1) is 13.2. The summed E-state index contributed by atoms with van der Waals surface area (Å²) in [5.41, 5.74) is 2.57. The standard InChI is InChI=1S/C22H24N2O4/c1-14(2)15(3)12-21(26)23-18-8-10-19(11-9-18)24-22(27)17-6-5-7-20(13-17)28-16(4)25/h5-14H,1-4H3,(H,23,26)(H,24,27)/b15-12+. The van der Waals surface area contributed by atoms with Crippen LogP contribution >= 0.6 is 0 Å². The minimum absolute atomic E-state index is 0.190. The van der Waals surface area contributed by atoms with Crippen LogP contribution in [-0.4, -0.2) is 17.8 Å². The van der Waals surface area contributed by atoms with Crippen LogP contribution in [0.5, 0.6) is 5.75 Å². The zero-order valence-electron chi connectivity index (χ0n) is 16.4. The molecule has 0 bridgehead atoms. The largest absolute Gasteiger partial charge is 0.427 e. The molecule has 2 rings (SSSR count). The number of ether oxygens (including phenoxy) is 1. The Hall–Kier alpha value is -3.41. The molecule has 0 radical (unpaired) electrons. The molecule has 0 heterocycles. The van der Waals surface area contributed by atoms with Crippen LogP contribution in [0.2, 0.25) is 0 Å². The van der Waals surface area contributed by atoms with Crippen LogP contribution < -0.4 is 15.4 Å². The van der Waals surface area contributed by atoms with Crippen molar-refractivity contribution in [3.8, 4) is 5.75 Å². The molecule has 0 saturated heterocycles. The zero-order chi connectivity index (χ0) is 20.7. The predicted molar refractivity (Wildman–Crippen MR) is 109 cm³/mol. The summed E-state index contributed by atoms with van der Waals surface area (Å²) in [5.74, 6) is -0.356. The van der Waals surface area contributed by atoms with E-state index in [0.717, 1.165) is 5.57 Å². The molecule has 2 aromatic carbocycles. The van der Waals surface area contributed by atoms with E-state index in [4.69, 9.17) is 4.74 Å². The topological polar surface area (TPSA) is 84.5 Å². The molecule has 0 aliphatic rings. The predicted octanol–water partition coefficient (Wildman–Crippen LogP) is 4.41. The minimum Gasteiger partial charge on any atom is -0.427 e. The van der Waals surface area contributed by atoms with Crippen LogP contribution in [0.4, 0.5) is 11.4 Å². The van der Waals surface area contributed by atoms with Gasteiger partial charge in [-0.05, 0) is 55.3 Å². The first-order valence-corrected chi connectivity index (χ1v) is 8.93. The van der Waals surface area contributed by atoms with Gasteiger partial charge in [-0.1, -0.05) is 25.5 Å². The Balaban J connectivity index is 2.00. The molecule has 2 aromatic rings. The van der Waals surface area contributed by atoms with Gasteiger partial charge in [-0.15, -0.1) is 0 Å². The highest BCUT2D eigenvalue weighted by molar-refractivity contribution is 6.05. The van der Waals surface area contributed by atoms with Gasteiger partial charge in [0.15, 0.2) is 0 Å². The molecule has 2 N–H and O–H groups in total. The van der Waals surface area contributed by atoms with E-state index in [1.807, 2.05) is 20.8 Å². The summed E-state index contributed by atoms with van der Waals surface area (Å²) >= 11 is 0. The van der Waals surface area contributed by atoms with E-state index in [2.05, 4.69) is 10.6 Å². The summed E-state index contributed by atoms with van der Waals surface area (Å²) in [4.78, 5) is 35.4. The van der Waals surface area contributed by atoms with Crippen molar-refractivity contribution in [1.29, 1.82) is 0 Å². The Bertz CT molecular complexity index is 899. The molecule has 6 heteroatoms. The third-order valence-corrected chi connectivity index (χ3v) is 4.04. The SMILES string of the molecule is CC(=O)Oc1cccc(C(=O)Nc2ccc(NC(=O)/C=C(\C)C(C)C)cc2)c1. The van der Waals surface area contributed by atoms with Crippen molar-refractivity contribution >= 4 is 29.2 Å². The lowest BCUT2D eigenvalue weighted by molar-refractivity contribution is -0.131. The number of carbonyl (C=O) groups excluding carboxylic acids is 3. The van der Waals surface area contributed by atoms with E-state index in [0.29, 0.717) is 28.6 Å². The first kappa shape index (κ1) is 20.9. The summed E-state index contributed by atoms with van der Waals surface area (Å²) in [5, 5.41) is 5.55. The summed E-state index contributed by atoms with van der Waals surface area (Å²) < 4.78 is 4.99. The van der Waals surface area contributed by atoms with Gasteiger partial charge in [0, 0.05) is 29.9 Å². The van der Waals surface area contributed by atoms with Gasteiger partial charge in [0.25, 0.3) is 5.91 Å². The average Bonchev–Trinajstić information content (AvgIpc) is 2.62. The highest BCUT2D eigenvalue weighted by atomic mass is 16.5.